The first-order chi connectivity index (χ1) is 9.52. The van der Waals surface area contributed by atoms with Crippen LogP contribution >= 0.6 is 15.9 Å². The van der Waals surface area contributed by atoms with Crippen LogP contribution in [0.2, 0.25) is 0 Å². The van der Waals surface area contributed by atoms with Gasteiger partial charge in [-0.25, -0.2) is 0 Å². The Morgan fingerprint density at radius 3 is 2.90 bits per heavy atom. The van der Waals surface area contributed by atoms with Crippen molar-refractivity contribution in [2.45, 2.75) is 38.0 Å². The number of ether oxygens (including phenoxy) is 2. The standard InChI is InChI=1S/C13H17BrN2O4/c1-2-5-19-13-9(15)7-12(13)20-11-4-3-8(14)6-10(11)16(17)18/h3-4,6,9,12-13H,2,5,7,15H2,1H3. The SMILES string of the molecule is CCCOC1C(N)CC1Oc1ccc(Br)cc1[N+](=O)[O-]. The van der Waals surface area contributed by atoms with Gasteiger partial charge in [0, 0.05) is 29.6 Å². The number of nitrogens with zero attached hydrogens (tertiary/aromatic N) is 1. The Bertz CT molecular complexity index is 497. The number of benzene rings is 1. The molecule has 1 fully saturated rings. The van der Waals surface area contributed by atoms with E-state index in [9.17, 15) is 10.1 Å². The molecule has 110 valence electrons. The van der Waals surface area contributed by atoms with Crippen LogP contribution in [-0.4, -0.2) is 29.8 Å². The minimum absolute atomic E-state index is 0.0610. The summed E-state index contributed by atoms with van der Waals surface area (Å²) in [6.45, 7) is 2.63. The number of nitro benzene ring substituents is 1. The van der Waals surface area contributed by atoms with Crippen molar-refractivity contribution >= 4 is 21.6 Å². The highest BCUT2D eigenvalue weighted by Crippen LogP contribution is 2.35. The van der Waals surface area contributed by atoms with E-state index in [1.54, 1.807) is 12.1 Å². The lowest BCUT2D eigenvalue weighted by Crippen LogP contribution is -2.59. The van der Waals surface area contributed by atoms with Crippen molar-refractivity contribution in [3.63, 3.8) is 0 Å². The number of hydrogen-bond donors (Lipinski definition) is 1. The summed E-state index contributed by atoms with van der Waals surface area (Å²) < 4.78 is 12.0. The lowest BCUT2D eigenvalue weighted by Gasteiger charge is -2.41. The molecule has 0 bridgehead atoms. The van der Waals surface area contributed by atoms with E-state index in [1.165, 1.54) is 6.07 Å². The molecular formula is C13H17BrN2O4. The average Bonchev–Trinajstić information content (AvgIpc) is 2.40. The van der Waals surface area contributed by atoms with E-state index in [-0.39, 0.29) is 29.7 Å². The molecule has 0 aromatic heterocycles. The highest BCUT2D eigenvalue weighted by Gasteiger charge is 2.42. The van der Waals surface area contributed by atoms with Gasteiger partial charge in [-0.1, -0.05) is 22.9 Å². The van der Waals surface area contributed by atoms with Gasteiger partial charge in [0.25, 0.3) is 0 Å². The molecule has 3 atom stereocenters. The van der Waals surface area contributed by atoms with E-state index in [4.69, 9.17) is 15.2 Å². The number of hydrogen-bond acceptors (Lipinski definition) is 5. The van der Waals surface area contributed by atoms with Gasteiger partial charge in [-0.05, 0) is 18.6 Å². The van der Waals surface area contributed by atoms with E-state index in [1.807, 2.05) is 6.92 Å². The van der Waals surface area contributed by atoms with Gasteiger partial charge < -0.3 is 15.2 Å². The molecule has 0 aliphatic heterocycles. The van der Waals surface area contributed by atoms with Crippen molar-refractivity contribution in [3.05, 3.63) is 32.8 Å². The number of halogens is 1. The lowest BCUT2D eigenvalue weighted by molar-refractivity contribution is -0.386. The summed E-state index contributed by atoms with van der Waals surface area (Å²) in [4.78, 5) is 10.6. The topological polar surface area (TPSA) is 87.6 Å². The van der Waals surface area contributed by atoms with Crippen molar-refractivity contribution in [2.24, 2.45) is 5.73 Å². The van der Waals surface area contributed by atoms with Gasteiger partial charge in [0.15, 0.2) is 5.75 Å². The molecule has 7 heteroatoms. The van der Waals surface area contributed by atoms with E-state index in [0.29, 0.717) is 17.5 Å². The van der Waals surface area contributed by atoms with Crippen LogP contribution in [0.25, 0.3) is 0 Å². The molecule has 1 aromatic rings. The van der Waals surface area contributed by atoms with E-state index < -0.39 is 4.92 Å². The summed E-state index contributed by atoms with van der Waals surface area (Å²) in [6.07, 6.45) is 1.12. The van der Waals surface area contributed by atoms with Crippen molar-refractivity contribution in [1.82, 2.24) is 0 Å². The minimum Gasteiger partial charge on any atom is -0.481 e. The summed E-state index contributed by atoms with van der Waals surface area (Å²) in [5.74, 6) is 0.250. The molecule has 0 amide bonds. The highest BCUT2D eigenvalue weighted by molar-refractivity contribution is 9.10. The van der Waals surface area contributed by atoms with E-state index >= 15 is 0 Å². The van der Waals surface area contributed by atoms with Crippen molar-refractivity contribution in [1.29, 1.82) is 0 Å². The van der Waals surface area contributed by atoms with Crippen molar-refractivity contribution in [3.8, 4) is 5.75 Å². The van der Waals surface area contributed by atoms with Gasteiger partial charge in [0.1, 0.15) is 12.2 Å². The molecular weight excluding hydrogens is 328 g/mol. The Kier molecular flexibility index (Phi) is 4.95. The van der Waals surface area contributed by atoms with Crippen LogP contribution in [0.15, 0.2) is 22.7 Å². The van der Waals surface area contributed by atoms with Gasteiger partial charge >= 0.3 is 5.69 Å². The molecule has 6 nitrogen and oxygen atoms in total. The zero-order valence-electron chi connectivity index (χ0n) is 11.1. The predicted octanol–water partition coefficient (Wildman–Crippen LogP) is 2.63. The van der Waals surface area contributed by atoms with Crippen LogP contribution in [-0.2, 0) is 4.74 Å². The Morgan fingerprint density at radius 1 is 1.55 bits per heavy atom. The minimum atomic E-state index is -0.458. The lowest BCUT2D eigenvalue weighted by atomic mass is 9.86. The van der Waals surface area contributed by atoms with Gasteiger partial charge in [0.05, 0.1) is 4.92 Å². The maximum Gasteiger partial charge on any atom is 0.312 e. The Labute approximate surface area is 125 Å². The summed E-state index contributed by atoms with van der Waals surface area (Å²) in [5.41, 5.74) is 5.82. The fourth-order valence-electron chi connectivity index (χ4n) is 2.11. The first-order valence-electron chi connectivity index (χ1n) is 6.50. The molecule has 20 heavy (non-hydrogen) atoms. The highest BCUT2D eigenvalue weighted by atomic mass is 79.9. The normalized spacial score (nSPS) is 25.1. The summed E-state index contributed by atoms with van der Waals surface area (Å²) in [5, 5.41) is 11.0. The summed E-state index contributed by atoms with van der Waals surface area (Å²) in [7, 11) is 0. The van der Waals surface area contributed by atoms with Crippen molar-refractivity contribution in [2.75, 3.05) is 6.61 Å². The van der Waals surface area contributed by atoms with Gasteiger partial charge in [-0.2, -0.15) is 0 Å². The number of nitrogens with two attached hydrogens (primary N) is 1. The van der Waals surface area contributed by atoms with E-state index in [2.05, 4.69) is 15.9 Å². The van der Waals surface area contributed by atoms with E-state index in [0.717, 1.165) is 6.42 Å². The monoisotopic (exact) mass is 344 g/mol. The molecule has 2 N–H and O–H groups in total. The molecule has 1 saturated carbocycles. The largest absolute Gasteiger partial charge is 0.481 e. The van der Waals surface area contributed by atoms with Crippen molar-refractivity contribution < 1.29 is 14.4 Å². The molecule has 0 saturated heterocycles. The average molecular weight is 345 g/mol. The fourth-order valence-corrected chi connectivity index (χ4v) is 2.46. The van der Waals surface area contributed by atoms with Crippen LogP contribution in [0.5, 0.6) is 5.75 Å². The van der Waals surface area contributed by atoms with Crippen LogP contribution in [0, 0.1) is 10.1 Å². The smallest absolute Gasteiger partial charge is 0.312 e. The van der Waals surface area contributed by atoms with Gasteiger partial charge in [-0.15, -0.1) is 0 Å². The maximum absolute atomic E-state index is 11.0. The molecule has 0 spiro atoms. The molecule has 1 aliphatic rings. The number of rotatable bonds is 6. The Morgan fingerprint density at radius 2 is 2.30 bits per heavy atom. The van der Waals surface area contributed by atoms with Crippen LogP contribution in [0.1, 0.15) is 19.8 Å². The summed E-state index contributed by atoms with van der Waals surface area (Å²) >= 11 is 3.21. The predicted molar refractivity (Wildman–Crippen MR) is 77.8 cm³/mol. The second-order valence-corrected chi connectivity index (χ2v) is 5.68. The van der Waals surface area contributed by atoms with Gasteiger partial charge in [-0.3, -0.25) is 10.1 Å². The zero-order valence-corrected chi connectivity index (χ0v) is 12.7. The molecule has 1 aliphatic carbocycles. The van der Waals surface area contributed by atoms with Gasteiger partial charge in [0.2, 0.25) is 0 Å². The summed E-state index contributed by atoms with van der Waals surface area (Å²) in [6, 6.07) is 4.66. The zero-order chi connectivity index (χ0) is 14.7. The first kappa shape index (κ1) is 15.2. The molecule has 0 radical (unpaired) electrons. The third-order valence-electron chi connectivity index (χ3n) is 3.20. The van der Waals surface area contributed by atoms with Crippen LogP contribution in [0.3, 0.4) is 0 Å². The van der Waals surface area contributed by atoms with Crippen LogP contribution in [0.4, 0.5) is 5.69 Å². The second kappa shape index (κ2) is 6.51. The molecule has 2 rings (SSSR count). The van der Waals surface area contributed by atoms with Crippen LogP contribution < -0.4 is 10.5 Å². The quantitative estimate of drug-likeness (QED) is 0.633. The Balaban J connectivity index is 2.08. The maximum atomic E-state index is 11.0. The second-order valence-electron chi connectivity index (χ2n) is 4.76. The third-order valence-corrected chi connectivity index (χ3v) is 3.70. The molecule has 1 aromatic carbocycles. The molecule has 3 unspecified atom stereocenters. The Hall–Kier alpha value is -1.18. The molecule has 0 heterocycles. The first-order valence-corrected chi connectivity index (χ1v) is 7.30. The fraction of sp³-hybridized carbons (Fsp3) is 0.538. The third kappa shape index (κ3) is 3.28. The number of nitro groups is 1.